The lowest BCUT2D eigenvalue weighted by molar-refractivity contribution is 0.0356. The lowest BCUT2D eigenvalue weighted by Crippen LogP contribution is -2.47. The van der Waals surface area contributed by atoms with Gasteiger partial charge in [0, 0.05) is 55.4 Å². The molecule has 4 rings (SSSR count). The molecule has 32 heavy (non-hydrogen) atoms. The van der Waals surface area contributed by atoms with Crippen molar-refractivity contribution in [2.24, 2.45) is 0 Å². The third-order valence-electron chi connectivity index (χ3n) is 6.14. The van der Waals surface area contributed by atoms with E-state index in [0.29, 0.717) is 28.8 Å². The number of halogens is 1. The lowest BCUT2D eigenvalue weighted by Gasteiger charge is -2.31. The molecule has 2 aliphatic rings. The first-order valence-corrected chi connectivity index (χ1v) is 12.0. The molecule has 1 atom stereocenters. The highest BCUT2D eigenvalue weighted by Gasteiger charge is 2.19. The van der Waals surface area contributed by atoms with E-state index in [1.165, 1.54) is 0 Å². The average Bonchev–Trinajstić information content (AvgIpc) is 3.31. The molecule has 1 aromatic carbocycles. The summed E-state index contributed by atoms with van der Waals surface area (Å²) in [5.74, 6) is 0. The predicted molar refractivity (Wildman–Crippen MR) is 132 cm³/mol. The fourth-order valence-corrected chi connectivity index (χ4v) is 4.57. The Labute approximate surface area is 199 Å². The standard InChI is InChI=1S/C23H31ClN4O3S/c1-16-11-17-12-18(22(29)26-21(17)13-20(16)24)15-28(5-4-27-6-9-30-10-7-27)23(32)25-14-19-3-2-8-31-19/h11-13,19H,2-10,14-15H2,1H3,(H,25,32)(H,26,29). The van der Waals surface area contributed by atoms with Crippen molar-refractivity contribution in [3.8, 4) is 0 Å². The van der Waals surface area contributed by atoms with Gasteiger partial charge in [-0.05, 0) is 61.1 Å². The van der Waals surface area contributed by atoms with E-state index in [1.54, 1.807) is 6.07 Å². The van der Waals surface area contributed by atoms with Crippen molar-refractivity contribution in [2.75, 3.05) is 52.5 Å². The number of nitrogens with zero attached hydrogens (tertiary/aromatic N) is 2. The number of H-pyrrole nitrogens is 1. The van der Waals surface area contributed by atoms with Gasteiger partial charge in [0.1, 0.15) is 0 Å². The second kappa shape index (κ2) is 10.9. The summed E-state index contributed by atoms with van der Waals surface area (Å²) in [4.78, 5) is 20.3. The summed E-state index contributed by atoms with van der Waals surface area (Å²) in [7, 11) is 0. The first kappa shape index (κ1) is 23.4. The Kier molecular flexibility index (Phi) is 8.02. The number of fused-ring (bicyclic) bond motifs is 1. The molecule has 0 radical (unpaired) electrons. The Morgan fingerprint density at radius 3 is 2.88 bits per heavy atom. The number of rotatable bonds is 7. The SMILES string of the molecule is Cc1cc2cc(CN(CCN3CCOCC3)C(=S)NCC3CCCO3)c(=O)[nH]c2cc1Cl. The fourth-order valence-electron chi connectivity index (χ4n) is 4.17. The van der Waals surface area contributed by atoms with Crippen LogP contribution < -0.4 is 10.9 Å². The van der Waals surface area contributed by atoms with Crippen LogP contribution in [-0.2, 0) is 16.0 Å². The molecule has 0 saturated carbocycles. The van der Waals surface area contributed by atoms with E-state index in [-0.39, 0.29) is 11.7 Å². The highest BCUT2D eigenvalue weighted by Crippen LogP contribution is 2.22. The van der Waals surface area contributed by atoms with Gasteiger partial charge >= 0.3 is 0 Å². The minimum absolute atomic E-state index is 0.115. The van der Waals surface area contributed by atoms with Crippen LogP contribution in [0, 0.1) is 6.92 Å². The topological polar surface area (TPSA) is 69.8 Å². The molecule has 2 N–H and O–H groups in total. The number of hydrogen-bond acceptors (Lipinski definition) is 5. The summed E-state index contributed by atoms with van der Waals surface area (Å²) in [5.41, 5.74) is 2.29. The van der Waals surface area contributed by atoms with Crippen LogP contribution >= 0.6 is 23.8 Å². The molecule has 2 aliphatic heterocycles. The summed E-state index contributed by atoms with van der Waals surface area (Å²) in [5, 5.41) is 5.63. The van der Waals surface area contributed by atoms with Crippen molar-refractivity contribution in [3.63, 3.8) is 0 Å². The maximum absolute atomic E-state index is 12.8. The van der Waals surface area contributed by atoms with Crippen LogP contribution in [0.15, 0.2) is 23.0 Å². The van der Waals surface area contributed by atoms with E-state index in [4.69, 9.17) is 33.3 Å². The molecule has 2 fully saturated rings. The predicted octanol–water partition coefficient (Wildman–Crippen LogP) is 2.68. The van der Waals surface area contributed by atoms with E-state index >= 15 is 0 Å². The maximum Gasteiger partial charge on any atom is 0.253 e. The fraction of sp³-hybridized carbons (Fsp3) is 0.565. The Morgan fingerprint density at radius 2 is 2.12 bits per heavy atom. The van der Waals surface area contributed by atoms with Gasteiger partial charge in [0.05, 0.1) is 25.9 Å². The molecule has 0 bridgehead atoms. The molecule has 0 aliphatic carbocycles. The monoisotopic (exact) mass is 478 g/mol. The smallest absolute Gasteiger partial charge is 0.253 e. The average molecular weight is 479 g/mol. The zero-order valence-corrected chi connectivity index (χ0v) is 20.1. The molecule has 7 nitrogen and oxygen atoms in total. The minimum Gasteiger partial charge on any atom is -0.379 e. The van der Waals surface area contributed by atoms with Crippen molar-refractivity contribution in [2.45, 2.75) is 32.4 Å². The first-order chi connectivity index (χ1) is 15.5. The number of hydrogen-bond donors (Lipinski definition) is 2. The van der Waals surface area contributed by atoms with Gasteiger partial charge in [-0.25, -0.2) is 0 Å². The lowest BCUT2D eigenvalue weighted by atomic mass is 10.1. The van der Waals surface area contributed by atoms with Crippen LogP contribution in [0.3, 0.4) is 0 Å². The molecule has 3 heterocycles. The van der Waals surface area contributed by atoms with Gasteiger partial charge in [0.25, 0.3) is 5.56 Å². The van der Waals surface area contributed by atoms with Crippen LogP contribution in [0.1, 0.15) is 24.0 Å². The number of pyridine rings is 1. The van der Waals surface area contributed by atoms with Gasteiger partial charge in [0.15, 0.2) is 5.11 Å². The molecule has 2 saturated heterocycles. The van der Waals surface area contributed by atoms with Crippen LogP contribution in [0.5, 0.6) is 0 Å². The van der Waals surface area contributed by atoms with E-state index < -0.39 is 0 Å². The Bertz CT molecular complexity index is 1000. The summed E-state index contributed by atoms with van der Waals surface area (Å²) in [6.07, 6.45) is 2.34. The number of benzene rings is 1. The zero-order chi connectivity index (χ0) is 22.5. The van der Waals surface area contributed by atoms with Gasteiger partial charge in [-0.15, -0.1) is 0 Å². The summed E-state index contributed by atoms with van der Waals surface area (Å²) in [6, 6.07) is 5.76. The number of aromatic amines is 1. The van der Waals surface area contributed by atoms with E-state index in [1.807, 2.05) is 19.1 Å². The van der Waals surface area contributed by atoms with Crippen molar-refractivity contribution < 1.29 is 9.47 Å². The maximum atomic E-state index is 12.8. The van der Waals surface area contributed by atoms with Crippen molar-refractivity contribution in [3.05, 3.63) is 44.7 Å². The summed E-state index contributed by atoms with van der Waals surface area (Å²) in [6.45, 7) is 8.86. The first-order valence-electron chi connectivity index (χ1n) is 11.3. The summed E-state index contributed by atoms with van der Waals surface area (Å²) < 4.78 is 11.2. The van der Waals surface area contributed by atoms with Crippen molar-refractivity contribution in [1.82, 2.24) is 20.1 Å². The van der Waals surface area contributed by atoms with Gasteiger partial charge in [-0.1, -0.05) is 11.6 Å². The highest BCUT2D eigenvalue weighted by molar-refractivity contribution is 7.80. The second-order valence-electron chi connectivity index (χ2n) is 8.51. The molecule has 2 aromatic rings. The van der Waals surface area contributed by atoms with Crippen molar-refractivity contribution >= 4 is 39.8 Å². The number of morpholine rings is 1. The highest BCUT2D eigenvalue weighted by atomic mass is 35.5. The Balaban J connectivity index is 1.49. The molecule has 1 unspecified atom stereocenters. The zero-order valence-electron chi connectivity index (χ0n) is 18.5. The summed E-state index contributed by atoms with van der Waals surface area (Å²) >= 11 is 12.0. The van der Waals surface area contributed by atoms with Gasteiger partial charge in [-0.3, -0.25) is 9.69 Å². The third-order valence-corrected chi connectivity index (χ3v) is 6.95. The van der Waals surface area contributed by atoms with E-state index in [9.17, 15) is 4.79 Å². The molecule has 9 heteroatoms. The van der Waals surface area contributed by atoms with Crippen LogP contribution in [0.2, 0.25) is 5.02 Å². The van der Waals surface area contributed by atoms with Gasteiger partial charge in [-0.2, -0.15) is 0 Å². The Morgan fingerprint density at radius 1 is 1.31 bits per heavy atom. The van der Waals surface area contributed by atoms with Gasteiger partial charge in [0.2, 0.25) is 0 Å². The van der Waals surface area contributed by atoms with Crippen LogP contribution in [-0.4, -0.2) is 78.5 Å². The van der Waals surface area contributed by atoms with E-state index in [2.05, 4.69) is 20.1 Å². The normalized spacial score (nSPS) is 19.4. The molecular formula is C23H31ClN4O3S. The largest absolute Gasteiger partial charge is 0.379 e. The van der Waals surface area contributed by atoms with Crippen LogP contribution in [0.25, 0.3) is 10.9 Å². The number of ether oxygens (including phenoxy) is 2. The minimum atomic E-state index is -0.115. The van der Waals surface area contributed by atoms with Crippen LogP contribution in [0.4, 0.5) is 0 Å². The number of nitrogens with one attached hydrogen (secondary N) is 2. The third kappa shape index (κ3) is 5.99. The molecule has 1 aromatic heterocycles. The second-order valence-corrected chi connectivity index (χ2v) is 9.30. The molecule has 0 spiro atoms. The van der Waals surface area contributed by atoms with Crippen molar-refractivity contribution in [1.29, 1.82) is 0 Å². The van der Waals surface area contributed by atoms with Gasteiger partial charge < -0.3 is 24.7 Å². The molecular weight excluding hydrogens is 448 g/mol. The number of aryl methyl sites for hydroxylation is 1. The molecule has 174 valence electrons. The van der Waals surface area contributed by atoms with E-state index in [0.717, 1.165) is 75.3 Å². The number of aromatic nitrogens is 1. The molecule has 0 amide bonds. The Hall–Kier alpha value is -1.71. The quantitative estimate of drug-likeness (QED) is 0.593. The number of thiocarbonyl (C=S) groups is 1.